The van der Waals surface area contributed by atoms with E-state index in [1.807, 2.05) is 0 Å². The summed E-state index contributed by atoms with van der Waals surface area (Å²) in [5, 5.41) is 13.1. The first-order valence-corrected chi connectivity index (χ1v) is 7.12. The van der Waals surface area contributed by atoms with Gasteiger partial charge in [-0.3, -0.25) is 4.79 Å². The minimum atomic E-state index is -1.33. The molecule has 1 unspecified atom stereocenters. The monoisotopic (exact) mass is 317 g/mol. The molecule has 0 spiro atoms. The van der Waals surface area contributed by atoms with E-state index in [9.17, 15) is 14.3 Å². The van der Waals surface area contributed by atoms with Gasteiger partial charge in [0.15, 0.2) is 11.5 Å². The van der Waals surface area contributed by atoms with Gasteiger partial charge in [0.25, 0.3) is 5.91 Å². The summed E-state index contributed by atoms with van der Waals surface area (Å²) in [4.78, 5) is 12.0. The van der Waals surface area contributed by atoms with Gasteiger partial charge in [0.2, 0.25) is 6.79 Å². The zero-order chi connectivity index (χ0) is 16.4. The molecule has 1 heterocycles. The molecule has 0 radical (unpaired) electrons. The van der Waals surface area contributed by atoms with E-state index in [-0.39, 0.29) is 18.9 Å². The number of rotatable bonds is 4. The van der Waals surface area contributed by atoms with Gasteiger partial charge in [-0.05, 0) is 36.8 Å². The molecular weight excluding hydrogens is 301 g/mol. The average Bonchev–Trinajstić information content (AvgIpc) is 3.00. The number of hydrogen-bond donors (Lipinski definition) is 2. The predicted molar refractivity (Wildman–Crippen MR) is 80.9 cm³/mol. The SMILES string of the molecule is CC(O)(CNC(=O)c1ccccc1F)c1ccc2c(c1)OCO2. The fourth-order valence-corrected chi connectivity index (χ4v) is 2.33. The maximum atomic E-state index is 13.6. The molecule has 2 aromatic rings. The average molecular weight is 317 g/mol. The highest BCUT2D eigenvalue weighted by Crippen LogP contribution is 2.35. The first-order chi connectivity index (χ1) is 11.0. The van der Waals surface area contributed by atoms with Crippen molar-refractivity contribution in [2.75, 3.05) is 13.3 Å². The Morgan fingerprint density at radius 3 is 2.78 bits per heavy atom. The number of carbonyl (C=O) groups excluding carboxylic acids is 1. The highest BCUT2D eigenvalue weighted by Gasteiger charge is 2.27. The molecule has 3 rings (SSSR count). The van der Waals surface area contributed by atoms with Crippen LogP contribution in [0.4, 0.5) is 4.39 Å². The van der Waals surface area contributed by atoms with Crippen LogP contribution in [0.15, 0.2) is 42.5 Å². The van der Waals surface area contributed by atoms with Crippen LogP contribution in [0.5, 0.6) is 11.5 Å². The summed E-state index contributed by atoms with van der Waals surface area (Å²) in [6, 6.07) is 10.7. The van der Waals surface area contributed by atoms with E-state index < -0.39 is 17.3 Å². The molecule has 0 bridgehead atoms. The van der Waals surface area contributed by atoms with Crippen LogP contribution in [0, 0.1) is 5.82 Å². The normalized spacial score (nSPS) is 15.1. The quantitative estimate of drug-likeness (QED) is 0.907. The van der Waals surface area contributed by atoms with Crippen molar-refractivity contribution in [3.63, 3.8) is 0 Å². The molecule has 2 aromatic carbocycles. The van der Waals surface area contributed by atoms with E-state index in [4.69, 9.17) is 9.47 Å². The van der Waals surface area contributed by atoms with E-state index in [1.165, 1.54) is 18.2 Å². The molecule has 120 valence electrons. The predicted octanol–water partition coefficient (Wildman–Crippen LogP) is 2.19. The molecule has 1 atom stereocenters. The molecule has 0 fully saturated rings. The molecular formula is C17H16FNO4. The van der Waals surface area contributed by atoms with Gasteiger partial charge in [0.05, 0.1) is 12.1 Å². The van der Waals surface area contributed by atoms with Crippen LogP contribution in [0.2, 0.25) is 0 Å². The highest BCUT2D eigenvalue weighted by molar-refractivity contribution is 5.94. The molecule has 1 aliphatic rings. The Morgan fingerprint density at radius 2 is 2.00 bits per heavy atom. The second kappa shape index (κ2) is 5.89. The summed E-state index contributed by atoms with van der Waals surface area (Å²) in [5.74, 6) is -0.0278. The van der Waals surface area contributed by atoms with Crippen LogP contribution in [-0.2, 0) is 5.60 Å². The highest BCUT2D eigenvalue weighted by atomic mass is 19.1. The molecule has 23 heavy (non-hydrogen) atoms. The van der Waals surface area contributed by atoms with Crippen molar-refractivity contribution in [2.45, 2.75) is 12.5 Å². The number of carbonyl (C=O) groups is 1. The summed E-state index contributed by atoms with van der Waals surface area (Å²) in [5.41, 5.74) is -0.827. The maximum absolute atomic E-state index is 13.6. The lowest BCUT2D eigenvalue weighted by Gasteiger charge is -2.24. The van der Waals surface area contributed by atoms with Gasteiger partial charge < -0.3 is 19.9 Å². The molecule has 5 nitrogen and oxygen atoms in total. The summed E-state index contributed by atoms with van der Waals surface area (Å²) in [6.45, 7) is 1.64. The third-order valence-corrected chi connectivity index (χ3v) is 3.71. The molecule has 0 saturated heterocycles. The van der Waals surface area contributed by atoms with E-state index in [2.05, 4.69) is 5.32 Å². The second-order valence-corrected chi connectivity index (χ2v) is 5.50. The first-order valence-electron chi connectivity index (χ1n) is 7.12. The van der Waals surface area contributed by atoms with Gasteiger partial charge in [0, 0.05) is 0 Å². The maximum Gasteiger partial charge on any atom is 0.254 e. The van der Waals surface area contributed by atoms with Gasteiger partial charge in [-0.15, -0.1) is 0 Å². The van der Waals surface area contributed by atoms with Gasteiger partial charge in [-0.2, -0.15) is 0 Å². The molecule has 0 aromatic heterocycles. The fraction of sp³-hybridized carbons (Fsp3) is 0.235. The Hall–Kier alpha value is -2.60. The van der Waals surface area contributed by atoms with Crippen molar-refractivity contribution in [1.29, 1.82) is 0 Å². The van der Waals surface area contributed by atoms with E-state index >= 15 is 0 Å². The molecule has 6 heteroatoms. The number of benzene rings is 2. The molecule has 0 aliphatic carbocycles. The number of hydrogen-bond acceptors (Lipinski definition) is 4. The Bertz CT molecular complexity index is 745. The standard InChI is InChI=1S/C17H16FNO4/c1-17(21,11-6-7-14-15(8-11)23-10-22-14)9-19-16(20)12-4-2-3-5-13(12)18/h2-8,21H,9-10H2,1H3,(H,19,20). The minimum absolute atomic E-state index is 0.0611. The van der Waals surface area contributed by atoms with Gasteiger partial charge in [-0.25, -0.2) is 4.39 Å². The lowest BCUT2D eigenvalue weighted by molar-refractivity contribution is 0.0523. The third-order valence-electron chi connectivity index (χ3n) is 3.71. The molecule has 0 saturated carbocycles. The summed E-state index contributed by atoms with van der Waals surface area (Å²) in [7, 11) is 0. The van der Waals surface area contributed by atoms with Crippen LogP contribution >= 0.6 is 0 Å². The van der Waals surface area contributed by atoms with E-state index in [0.29, 0.717) is 17.1 Å². The number of amides is 1. The van der Waals surface area contributed by atoms with Gasteiger partial charge >= 0.3 is 0 Å². The second-order valence-electron chi connectivity index (χ2n) is 5.50. The van der Waals surface area contributed by atoms with Crippen LogP contribution in [0.3, 0.4) is 0 Å². The van der Waals surface area contributed by atoms with Crippen molar-refractivity contribution in [1.82, 2.24) is 5.32 Å². The van der Waals surface area contributed by atoms with E-state index in [1.54, 1.807) is 31.2 Å². The Kier molecular flexibility index (Phi) is 3.92. The van der Waals surface area contributed by atoms with Crippen molar-refractivity contribution < 1.29 is 23.8 Å². The fourth-order valence-electron chi connectivity index (χ4n) is 2.33. The first kappa shape index (κ1) is 15.3. The van der Waals surface area contributed by atoms with Gasteiger partial charge in [-0.1, -0.05) is 18.2 Å². The van der Waals surface area contributed by atoms with Crippen LogP contribution in [0.1, 0.15) is 22.8 Å². The van der Waals surface area contributed by atoms with Gasteiger partial charge in [0.1, 0.15) is 11.4 Å². The van der Waals surface area contributed by atoms with Crippen LogP contribution in [-0.4, -0.2) is 24.4 Å². The van der Waals surface area contributed by atoms with E-state index in [0.717, 1.165) is 0 Å². The zero-order valence-corrected chi connectivity index (χ0v) is 12.5. The number of halogens is 1. The van der Waals surface area contributed by atoms with Crippen molar-refractivity contribution >= 4 is 5.91 Å². The largest absolute Gasteiger partial charge is 0.454 e. The smallest absolute Gasteiger partial charge is 0.254 e. The molecule has 1 amide bonds. The summed E-state index contributed by atoms with van der Waals surface area (Å²) >= 11 is 0. The Labute approximate surface area is 132 Å². The molecule has 2 N–H and O–H groups in total. The van der Waals surface area contributed by atoms with Crippen LogP contribution in [0.25, 0.3) is 0 Å². The minimum Gasteiger partial charge on any atom is -0.454 e. The summed E-state index contributed by atoms with van der Waals surface area (Å²) < 4.78 is 24.1. The van der Waals surface area contributed by atoms with Crippen molar-refractivity contribution in [3.8, 4) is 11.5 Å². The zero-order valence-electron chi connectivity index (χ0n) is 12.5. The Balaban J connectivity index is 1.71. The van der Waals surface area contributed by atoms with Crippen molar-refractivity contribution in [3.05, 3.63) is 59.4 Å². The molecule has 1 aliphatic heterocycles. The number of nitrogens with one attached hydrogen (secondary N) is 1. The Morgan fingerprint density at radius 1 is 1.26 bits per heavy atom. The third kappa shape index (κ3) is 3.12. The lowest BCUT2D eigenvalue weighted by atomic mass is 9.95. The lowest BCUT2D eigenvalue weighted by Crippen LogP contribution is -2.38. The van der Waals surface area contributed by atoms with Crippen LogP contribution < -0.4 is 14.8 Å². The van der Waals surface area contributed by atoms with Crippen molar-refractivity contribution in [2.24, 2.45) is 0 Å². The number of aliphatic hydroxyl groups is 1. The number of fused-ring (bicyclic) bond motifs is 1. The summed E-state index contributed by atoms with van der Waals surface area (Å²) in [6.07, 6.45) is 0. The number of ether oxygens (including phenoxy) is 2. The topological polar surface area (TPSA) is 67.8 Å².